The maximum atomic E-state index is 12.7. The smallest absolute Gasteiger partial charge is 0.315 e. The molecule has 2 aliphatic heterocycles. The molecular weight excluding hydrogens is 679 g/mol. The summed E-state index contributed by atoms with van der Waals surface area (Å²) in [7, 11) is 5.25. The number of hydrogen-bond acceptors (Lipinski definition) is 9. The minimum Gasteiger partial charge on any atom is -0.493 e. The van der Waals surface area contributed by atoms with Crippen LogP contribution in [0.3, 0.4) is 0 Å². The number of fused-ring (bicyclic) bond motifs is 1. The Morgan fingerprint density at radius 1 is 1.04 bits per heavy atom. The Balaban J connectivity index is 1.27. The molecule has 52 heavy (non-hydrogen) atoms. The van der Waals surface area contributed by atoms with E-state index in [4.69, 9.17) is 19.7 Å². The summed E-state index contributed by atoms with van der Waals surface area (Å²) in [5, 5.41) is 20.8. The van der Waals surface area contributed by atoms with Gasteiger partial charge in [0.05, 0.1) is 43.4 Å². The number of nitrogens with zero attached hydrogens (tertiary/aromatic N) is 5. The summed E-state index contributed by atoms with van der Waals surface area (Å²) in [5.41, 5.74) is 9.97. The number of azide groups is 1. The second-order valence-corrected chi connectivity index (χ2v) is 16.2. The Morgan fingerprint density at radius 3 is 2.52 bits per heavy atom. The number of carbonyl (C=O) groups excluding carboxylic acids is 2. The quantitative estimate of drug-likeness (QED) is 0.0326. The van der Waals surface area contributed by atoms with Crippen molar-refractivity contribution in [2.75, 3.05) is 46.7 Å². The van der Waals surface area contributed by atoms with Crippen LogP contribution in [-0.4, -0.2) is 79.4 Å². The van der Waals surface area contributed by atoms with Crippen molar-refractivity contribution in [2.45, 2.75) is 106 Å². The van der Waals surface area contributed by atoms with Gasteiger partial charge in [0, 0.05) is 34.1 Å². The minimum atomic E-state index is -0.789. The molecule has 282 valence electrons. The van der Waals surface area contributed by atoms with Gasteiger partial charge in [-0.05, 0) is 108 Å². The number of methoxy groups -OCH3 is 2. The van der Waals surface area contributed by atoms with Gasteiger partial charge < -0.3 is 29.7 Å². The SMILES string of the molecule is COc1ccc(C(C#N)(CCCCN(C)CCc2ccccc2N=[N+]=[N-])CCCOC(=O)CCCC[C@@]2(C)SC[C@@]3(C)NC(=O)N[C@]32C)cc1OC. The molecule has 0 bridgehead atoms. The van der Waals surface area contributed by atoms with E-state index in [1.54, 1.807) is 14.2 Å². The van der Waals surface area contributed by atoms with E-state index in [0.29, 0.717) is 49.3 Å². The molecule has 4 rings (SSSR count). The zero-order chi connectivity index (χ0) is 37.8. The van der Waals surface area contributed by atoms with Crippen molar-refractivity contribution in [3.63, 3.8) is 0 Å². The van der Waals surface area contributed by atoms with E-state index in [1.165, 1.54) is 0 Å². The highest BCUT2D eigenvalue weighted by molar-refractivity contribution is 8.01. The standard InChI is InChI=1S/C39H55N7O5S/c1-36-28-52-37(2,38(36,3)43-35(48)42-36)20-10-9-16-34(47)51-25-13-22-39(27-40,30-17-18-32(49-5)33(26-30)50-6)21-11-12-23-46(4)24-19-29-14-7-8-15-31(29)44-45-41/h7-8,14-15,17-18,26H,9-13,16,19-25,28H2,1-6H3,(H2,42,43,48)/t36-,37-,38-,39?/m1/s1. The van der Waals surface area contributed by atoms with Crippen LogP contribution in [0.25, 0.3) is 10.4 Å². The van der Waals surface area contributed by atoms with E-state index in [0.717, 1.165) is 62.1 Å². The zero-order valence-electron chi connectivity index (χ0n) is 31.6. The molecule has 2 saturated heterocycles. The molecule has 2 aliphatic rings. The molecule has 2 aromatic carbocycles. The van der Waals surface area contributed by atoms with Crippen molar-refractivity contribution >= 4 is 29.4 Å². The molecule has 1 unspecified atom stereocenters. The number of rotatable bonds is 21. The van der Waals surface area contributed by atoms with Crippen LogP contribution in [-0.2, 0) is 21.4 Å². The lowest BCUT2D eigenvalue weighted by Gasteiger charge is -2.43. The molecule has 2 aromatic rings. The van der Waals surface area contributed by atoms with E-state index in [9.17, 15) is 14.9 Å². The predicted octanol–water partition coefficient (Wildman–Crippen LogP) is 7.97. The number of benzene rings is 2. The molecule has 0 aliphatic carbocycles. The lowest BCUT2D eigenvalue weighted by Crippen LogP contribution is -2.62. The van der Waals surface area contributed by atoms with Crippen LogP contribution < -0.4 is 20.1 Å². The number of amides is 2. The third-order valence-corrected chi connectivity index (χ3v) is 13.3. The van der Waals surface area contributed by atoms with Gasteiger partial charge in [0.2, 0.25) is 0 Å². The van der Waals surface area contributed by atoms with E-state index >= 15 is 0 Å². The average molecular weight is 734 g/mol. The second kappa shape index (κ2) is 18.1. The fraction of sp³-hybridized carbons (Fsp3) is 0.615. The first-order chi connectivity index (χ1) is 24.9. The van der Waals surface area contributed by atoms with Gasteiger partial charge in [-0.3, -0.25) is 4.79 Å². The van der Waals surface area contributed by atoms with Crippen LogP contribution in [0.1, 0.15) is 89.7 Å². The lowest BCUT2D eigenvalue weighted by atomic mass is 9.72. The number of hydrogen-bond donors (Lipinski definition) is 2. The first-order valence-electron chi connectivity index (χ1n) is 18.2. The van der Waals surface area contributed by atoms with Crippen LogP contribution in [0.4, 0.5) is 10.5 Å². The minimum absolute atomic E-state index is 0.113. The van der Waals surface area contributed by atoms with Gasteiger partial charge in [-0.2, -0.15) is 17.0 Å². The van der Waals surface area contributed by atoms with Crippen LogP contribution in [0, 0.1) is 11.3 Å². The Morgan fingerprint density at radius 2 is 1.79 bits per heavy atom. The maximum Gasteiger partial charge on any atom is 0.315 e. The lowest BCUT2D eigenvalue weighted by molar-refractivity contribution is -0.144. The largest absolute Gasteiger partial charge is 0.493 e. The molecule has 13 heteroatoms. The Kier molecular flexibility index (Phi) is 14.1. The number of carbonyl (C=O) groups is 2. The normalized spacial score (nSPS) is 23.1. The van der Waals surface area contributed by atoms with Crippen molar-refractivity contribution in [1.82, 2.24) is 15.5 Å². The molecular formula is C39H55N7O5S. The number of esters is 1. The zero-order valence-corrected chi connectivity index (χ0v) is 32.4. The van der Waals surface area contributed by atoms with Crippen molar-refractivity contribution in [3.8, 4) is 17.6 Å². The number of urea groups is 1. The first kappa shape index (κ1) is 40.7. The summed E-state index contributed by atoms with van der Waals surface area (Å²) in [5.74, 6) is 1.79. The van der Waals surface area contributed by atoms with Crippen molar-refractivity contribution < 1.29 is 23.8 Å². The fourth-order valence-electron chi connectivity index (χ4n) is 7.63. The Labute approximate surface area is 313 Å². The first-order valence-corrected chi connectivity index (χ1v) is 19.2. The van der Waals surface area contributed by atoms with Gasteiger partial charge >= 0.3 is 12.0 Å². The average Bonchev–Trinajstić information content (AvgIpc) is 3.49. The molecule has 0 spiro atoms. The van der Waals surface area contributed by atoms with Crippen LogP contribution >= 0.6 is 11.8 Å². The summed E-state index contributed by atoms with van der Waals surface area (Å²) in [6.45, 7) is 8.36. The van der Waals surface area contributed by atoms with Gasteiger partial charge in [-0.25, -0.2) is 4.79 Å². The summed E-state index contributed by atoms with van der Waals surface area (Å²) < 4.78 is 16.6. The van der Waals surface area contributed by atoms with Crippen molar-refractivity contribution in [2.24, 2.45) is 5.11 Å². The van der Waals surface area contributed by atoms with Gasteiger partial charge in [-0.15, -0.1) is 0 Å². The number of likely N-dealkylation sites (N-methyl/N-ethyl adjacent to an activating group) is 1. The molecule has 2 N–H and O–H groups in total. The third-order valence-electron chi connectivity index (χ3n) is 11.3. The van der Waals surface area contributed by atoms with Crippen LogP contribution in [0.15, 0.2) is 47.6 Å². The summed E-state index contributed by atoms with van der Waals surface area (Å²) in [6, 6.07) is 15.8. The fourth-order valence-corrected chi connectivity index (χ4v) is 9.45. The molecule has 2 fully saturated rings. The van der Waals surface area contributed by atoms with Gasteiger partial charge in [0.1, 0.15) is 0 Å². The van der Waals surface area contributed by atoms with Crippen molar-refractivity contribution in [1.29, 1.82) is 5.26 Å². The number of unbranched alkanes of at least 4 members (excludes halogenated alkanes) is 2. The summed E-state index contributed by atoms with van der Waals surface area (Å²) >= 11 is 1.88. The van der Waals surface area contributed by atoms with E-state index < -0.39 is 5.41 Å². The highest BCUT2D eigenvalue weighted by Crippen LogP contribution is 2.55. The number of ether oxygens (including phenoxy) is 3. The summed E-state index contributed by atoms with van der Waals surface area (Å²) in [6.07, 6.45) is 7.02. The number of nitrogens with one attached hydrogen (secondary N) is 2. The van der Waals surface area contributed by atoms with E-state index in [1.807, 2.05) is 54.2 Å². The molecule has 4 atom stereocenters. The monoisotopic (exact) mass is 733 g/mol. The van der Waals surface area contributed by atoms with E-state index in [-0.39, 0.29) is 34.4 Å². The van der Waals surface area contributed by atoms with Crippen molar-refractivity contribution in [3.05, 3.63) is 64.0 Å². The molecule has 2 amide bonds. The highest BCUT2D eigenvalue weighted by Gasteiger charge is 2.66. The highest BCUT2D eigenvalue weighted by atomic mass is 32.2. The molecule has 0 saturated carbocycles. The van der Waals surface area contributed by atoms with Crippen LogP contribution in [0.2, 0.25) is 0 Å². The second-order valence-electron chi connectivity index (χ2n) is 14.7. The van der Waals surface area contributed by atoms with Gasteiger partial charge in [0.15, 0.2) is 11.5 Å². The third kappa shape index (κ3) is 9.27. The van der Waals surface area contributed by atoms with Gasteiger partial charge in [0.25, 0.3) is 0 Å². The molecule has 12 nitrogen and oxygen atoms in total. The number of thioether (sulfide) groups is 1. The Hall–Kier alpha value is -4.11. The predicted molar refractivity (Wildman–Crippen MR) is 205 cm³/mol. The topological polar surface area (TPSA) is 162 Å². The Bertz CT molecular complexity index is 1650. The van der Waals surface area contributed by atoms with Crippen LogP contribution in [0.5, 0.6) is 11.5 Å². The van der Waals surface area contributed by atoms with Gasteiger partial charge in [-0.1, -0.05) is 48.3 Å². The molecule has 0 radical (unpaired) electrons. The molecule has 2 heterocycles. The number of nitriles is 1. The maximum absolute atomic E-state index is 12.7. The molecule has 0 aromatic heterocycles. The summed E-state index contributed by atoms with van der Waals surface area (Å²) in [4.78, 5) is 30.1. The van der Waals surface area contributed by atoms with E-state index in [2.05, 4.69) is 59.4 Å².